The number of hydrogen-bond acceptors (Lipinski definition) is 3. The number of para-hydroxylation sites is 1. The third kappa shape index (κ3) is 3.85. The summed E-state index contributed by atoms with van der Waals surface area (Å²) in [5, 5.41) is 0. The van der Waals surface area contributed by atoms with Crippen molar-refractivity contribution in [2.45, 2.75) is 13.8 Å². The van der Waals surface area contributed by atoms with Crippen LogP contribution in [0.5, 0.6) is 11.5 Å². The van der Waals surface area contributed by atoms with Crippen LogP contribution >= 0.6 is 0 Å². The fourth-order valence-electron chi connectivity index (χ4n) is 1.82. The van der Waals surface area contributed by atoms with Crippen molar-refractivity contribution in [1.29, 1.82) is 0 Å². The summed E-state index contributed by atoms with van der Waals surface area (Å²) >= 11 is 0. The fraction of sp³-hybridized carbons (Fsp3) is 0.235. The Morgan fingerprint density at radius 2 is 1.60 bits per heavy atom. The predicted molar refractivity (Wildman–Crippen MR) is 78.6 cm³/mol. The molecule has 2 aromatic rings. The molecule has 0 saturated heterocycles. The van der Waals surface area contributed by atoms with Crippen molar-refractivity contribution >= 4 is 5.78 Å². The van der Waals surface area contributed by atoms with Crippen LogP contribution in [0.15, 0.2) is 48.5 Å². The smallest absolute Gasteiger partial charge is 0.159 e. The highest BCUT2D eigenvalue weighted by Gasteiger charge is 2.00. The third-order valence-electron chi connectivity index (χ3n) is 2.96. The lowest BCUT2D eigenvalue weighted by Crippen LogP contribution is -2.09. The quantitative estimate of drug-likeness (QED) is 0.593. The van der Waals surface area contributed by atoms with Crippen LogP contribution in [0.1, 0.15) is 22.8 Å². The molecule has 0 aliphatic heterocycles. The first-order chi connectivity index (χ1) is 9.66. The number of hydrogen-bond donors (Lipinski definition) is 0. The molecule has 0 bridgehead atoms. The Morgan fingerprint density at radius 3 is 2.25 bits per heavy atom. The molecule has 20 heavy (non-hydrogen) atoms. The fourth-order valence-corrected chi connectivity index (χ4v) is 1.82. The van der Waals surface area contributed by atoms with Crippen LogP contribution in [0.25, 0.3) is 0 Å². The maximum Gasteiger partial charge on any atom is 0.159 e. The van der Waals surface area contributed by atoms with E-state index in [0.29, 0.717) is 18.8 Å². The Hall–Kier alpha value is -2.29. The van der Waals surface area contributed by atoms with E-state index < -0.39 is 0 Å². The first-order valence-corrected chi connectivity index (χ1v) is 6.59. The first-order valence-electron chi connectivity index (χ1n) is 6.59. The molecule has 2 aromatic carbocycles. The molecule has 0 aliphatic carbocycles. The minimum Gasteiger partial charge on any atom is -0.490 e. The van der Waals surface area contributed by atoms with Crippen molar-refractivity contribution in [3.05, 3.63) is 59.7 Å². The van der Waals surface area contributed by atoms with Gasteiger partial charge in [0, 0.05) is 5.56 Å². The van der Waals surface area contributed by atoms with Gasteiger partial charge in [-0.25, -0.2) is 0 Å². The van der Waals surface area contributed by atoms with Crippen LogP contribution in [-0.4, -0.2) is 19.0 Å². The van der Waals surface area contributed by atoms with E-state index in [1.54, 1.807) is 31.2 Å². The summed E-state index contributed by atoms with van der Waals surface area (Å²) in [6.45, 7) is 4.51. The molecule has 0 radical (unpaired) electrons. The van der Waals surface area contributed by atoms with Crippen molar-refractivity contribution in [1.82, 2.24) is 0 Å². The lowest BCUT2D eigenvalue weighted by Gasteiger charge is -2.10. The van der Waals surface area contributed by atoms with Crippen LogP contribution in [0.2, 0.25) is 0 Å². The van der Waals surface area contributed by atoms with Gasteiger partial charge in [-0.15, -0.1) is 0 Å². The summed E-state index contributed by atoms with van der Waals surface area (Å²) in [7, 11) is 0. The molecule has 0 aliphatic rings. The van der Waals surface area contributed by atoms with Gasteiger partial charge in [-0.2, -0.15) is 0 Å². The molecule has 0 saturated carbocycles. The highest BCUT2D eigenvalue weighted by atomic mass is 16.5. The molecule has 0 fully saturated rings. The maximum atomic E-state index is 11.1. The molecule has 0 aromatic heterocycles. The Morgan fingerprint density at radius 1 is 0.950 bits per heavy atom. The van der Waals surface area contributed by atoms with E-state index in [1.807, 2.05) is 31.2 Å². The summed E-state index contributed by atoms with van der Waals surface area (Å²) in [5.41, 5.74) is 1.80. The molecule has 0 amide bonds. The van der Waals surface area contributed by atoms with Gasteiger partial charge in [-0.3, -0.25) is 4.79 Å². The zero-order chi connectivity index (χ0) is 14.4. The second kappa shape index (κ2) is 6.75. The standard InChI is InChI=1S/C17H18O3/c1-13-5-3-4-6-17(13)20-12-11-19-16-9-7-15(8-10-16)14(2)18/h3-10H,11-12H2,1-2H3. The van der Waals surface area contributed by atoms with Crippen LogP contribution in [-0.2, 0) is 0 Å². The molecule has 3 heteroatoms. The van der Waals surface area contributed by atoms with E-state index in [-0.39, 0.29) is 5.78 Å². The minimum absolute atomic E-state index is 0.0550. The van der Waals surface area contributed by atoms with Gasteiger partial charge < -0.3 is 9.47 Å². The van der Waals surface area contributed by atoms with Gasteiger partial charge in [-0.05, 0) is 49.7 Å². The molecule has 0 N–H and O–H groups in total. The highest BCUT2D eigenvalue weighted by Crippen LogP contribution is 2.16. The maximum absolute atomic E-state index is 11.1. The molecule has 0 unspecified atom stereocenters. The van der Waals surface area contributed by atoms with Gasteiger partial charge in [0.15, 0.2) is 5.78 Å². The minimum atomic E-state index is 0.0550. The molecule has 0 spiro atoms. The van der Waals surface area contributed by atoms with Crippen molar-refractivity contribution in [3.8, 4) is 11.5 Å². The number of benzene rings is 2. The second-order valence-corrected chi connectivity index (χ2v) is 4.54. The Labute approximate surface area is 119 Å². The van der Waals surface area contributed by atoms with Crippen LogP contribution < -0.4 is 9.47 Å². The predicted octanol–water partition coefficient (Wildman–Crippen LogP) is 3.66. The molecule has 0 heterocycles. The summed E-state index contributed by atoms with van der Waals surface area (Å²) in [6.07, 6.45) is 0. The summed E-state index contributed by atoms with van der Waals surface area (Å²) in [6, 6.07) is 15.0. The molecular weight excluding hydrogens is 252 g/mol. The van der Waals surface area contributed by atoms with E-state index in [4.69, 9.17) is 9.47 Å². The van der Waals surface area contributed by atoms with Crippen molar-refractivity contribution in [3.63, 3.8) is 0 Å². The Balaban J connectivity index is 1.79. The highest BCUT2D eigenvalue weighted by molar-refractivity contribution is 5.94. The van der Waals surface area contributed by atoms with E-state index in [2.05, 4.69) is 0 Å². The molecule has 0 atom stereocenters. The van der Waals surface area contributed by atoms with Gasteiger partial charge in [0.2, 0.25) is 0 Å². The Bertz CT molecular complexity index is 573. The molecule has 104 valence electrons. The van der Waals surface area contributed by atoms with Gasteiger partial charge in [0.05, 0.1) is 0 Å². The summed E-state index contributed by atoms with van der Waals surface area (Å²) in [5.74, 6) is 1.67. The number of carbonyl (C=O) groups excluding carboxylic acids is 1. The average molecular weight is 270 g/mol. The summed E-state index contributed by atoms with van der Waals surface area (Å²) < 4.78 is 11.2. The van der Waals surface area contributed by atoms with Gasteiger partial charge in [0.25, 0.3) is 0 Å². The topological polar surface area (TPSA) is 35.5 Å². The van der Waals surface area contributed by atoms with E-state index in [1.165, 1.54) is 0 Å². The average Bonchev–Trinajstić information content (AvgIpc) is 2.46. The number of aryl methyl sites for hydroxylation is 1. The molecular formula is C17H18O3. The number of rotatable bonds is 6. The Kier molecular flexibility index (Phi) is 4.77. The van der Waals surface area contributed by atoms with Gasteiger partial charge in [-0.1, -0.05) is 18.2 Å². The first kappa shape index (κ1) is 14.1. The van der Waals surface area contributed by atoms with Crippen LogP contribution in [0, 0.1) is 6.92 Å². The van der Waals surface area contributed by atoms with Gasteiger partial charge in [0.1, 0.15) is 24.7 Å². The number of carbonyl (C=O) groups is 1. The van der Waals surface area contributed by atoms with E-state index in [0.717, 1.165) is 17.1 Å². The lowest BCUT2D eigenvalue weighted by molar-refractivity contribution is 0.101. The number of ether oxygens (including phenoxy) is 2. The zero-order valence-electron chi connectivity index (χ0n) is 11.8. The normalized spacial score (nSPS) is 10.1. The number of Topliss-reactive ketones (excluding diaryl/α,β-unsaturated/α-hetero) is 1. The van der Waals surface area contributed by atoms with Crippen LogP contribution in [0.4, 0.5) is 0 Å². The van der Waals surface area contributed by atoms with Crippen molar-refractivity contribution in [2.75, 3.05) is 13.2 Å². The zero-order valence-corrected chi connectivity index (χ0v) is 11.8. The van der Waals surface area contributed by atoms with Gasteiger partial charge >= 0.3 is 0 Å². The third-order valence-corrected chi connectivity index (χ3v) is 2.96. The van der Waals surface area contributed by atoms with E-state index in [9.17, 15) is 4.79 Å². The monoisotopic (exact) mass is 270 g/mol. The molecule has 3 nitrogen and oxygen atoms in total. The van der Waals surface area contributed by atoms with E-state index >= 15 is 0 Å². The lowest BCUT2D eigenvalue weighted by atomic mass is 10.1. The molecule has 2 rings (SSSR count). The van der Waals surface area contributed by atoms with Crippen molar-refractivity contribution < 1.29 is 14.3 Å². The SMILES string of the molecule is CC(=O)c1ccc(OCCOc2ccccc2C)cc1. The second-order valence-electron chi connectivity index (χ2n) is 4.54. The van der Waals surface area contributed by atoms with Crippen LogP contribution in [0.3, 0.4) is 0 Å². The largest absolute Gasteiger partial charge is 0.490 e. The van der Waals surface area contributed by atoms with Crippen molar-refractivity contribution in [2.24, 2.45) is 0 Å². The number of ketones is 1. The summed E-state index contributed by atoms with van der Waals surface area (Å²) in [4.78, 5) is 11.1.